The molecule has 1 atom stereocenters. The van der Waals surface area contributed by atoms with Crippen molar-refractivity contribution in [2.75, 3.05) is 0 Å². The fourth-order valence-electron chi connectivity index (χ4n) is 1.66. The van der Waals surface area contributed by atoms with Crippen LogP contribution >= 0.6 is 0 Å². The fourth-order valence-corrected chi connectivity index (χ4v) is 1.66. The molecule has 0 aliphatic heterocycles. The van der Waals surface area contributed by atoms with E-state index in [4.69, 9.17) is 5.11 Å². The number of hydrogen-bond donors (Lipinski definition) is 2. The lowest BCUT2D eigenvalue weighted by Gasteiger charge is -2.13. The van der Waals surface area contributed by atoms with Gasteiger partial charge in [0, 0.05) is 18.2 Å². The van der Waals surface area contributed by atoms with Crippen molar-refractivity contribution in [2.24, 2.45) is 0 Å². The average molecular weight is 239 g/mol. The minimum Gasteiger partial charge on any atom is -0.478 e. The maximum atomic E-state index is 13.4. The van der Waals surface area contributed by atoms with E-state index in [9.17, 15) is 9.18 Å². The quantitative estimate of drug-likeness (QED) is 0.802. The van der Waals surface area contributed by atoms with Gasteiger partial charge >= 0.3 is 5.97 Å². The summed E-state index contributed by atoms with van der Waals surface area (Å²) in [6.07, 6.45) is 2.08. The van der Waals surface area contributed by atoms with Crippen molar-refractivity contribution in [3.63, 3.8) is 0 Å². The predicted molar refractivity (Wildman–Crippen MR) is 64.6 cm³/mol. The molecule has 3 nitrogen and oxygen atoms in total. The van der Waals surface area contributed by atoms with E-state index >= 15 is 0 Å². The van der Waals surface area contributed by atoms with Gasteiger partial charge in [-0.2, -0.15) is 0 Å². The number of hydrogen-bond acceptors (Lipinski definition) is 2. The third-order valence-electron chi connectivity index (χ3n) is 2.66. The Morgan fingerprint density at radius 2 is 2.24 bits per heavy atom. The second-order valence-electron chi connectivity index (χ2n) is 4.18. The topological polar surface area (TPSA) is 49.3 Å². The minimum absolute atomic E-state index is 0.117. The number of rotatable bonds is 6. The first-order valence-corrected chi connectivity index (χ1v) is 5.79. The van der Waals surface area contributed by atoms with Crippen molar-refractivity contribution in [2.45, 2.75) is 39.3 Å². The lowest BCUT2D eigenvalue weighted by molar-refractivity contribution is 0.0696. The van der Waals surface area contributed by atoms with Gasteiger partial charge < -0.3 is 10.4 Å². The minimum atomic E-state index is -1.03. The molecule has 0 aromatic heterocycles. The fraction of sp³-hybridized carbons (Fsp3) is 0.462. The summed E-state index contributed by atoms with van der Waals surface area (Å²) in [5, 5.41) is 12.0. The summed E-state index contributed by atoms with van der Waals surface area (Å²) in [6.45, 7) is 4.47. The van der Waals surface area contributed by atoms with Crippen LogP contribution in [0, 0.1) is 5.82 Å². The van der Waals surface area contributed by atoms with Crippen molar-refractivity contribution in [1.82, 2.24) is 5.32 Å². The van der Waals surface area contributed by atoms with E-state index in [1.807, 2.05) is 6.92 Å². The van der Waals surface area contributed by atoms with Gasteiger partial charge in [-0.15, -0.1) is 0 Å². The molecule has 1 aromatic rings. The number of carboxylic acids is 1. The normalized spacial score (nSPS) is 12.4. The maximum Gasteiger partial charge on any atom is 0.335 e. The third kappa shape index (κ3) is 4.15. The van der Waals surface area contributed by atoms with E-state index in [1.165, 1.54) is 18.2 Å². The van der Waals surface area contributed by atoms with E-state index in [0.29, 0.717) is 18.2 Å². The first-order valence-electron chi connectivity index (χ1n) is 5.79. The molecule has 1 aromatic carbocycles. The highest BCUT2D eigenvalue weighted by Crippen LogP contribution is 2.11. The number of carboxylic acid groups (broad SMARTS) is 1. The second-order valence-corrected chi connectivity index (χ2v) is 4.18. The molecule has 0 saturated carbocycles. The van der Waals surface area contributed by atoms with E-state index in [1.54, 1.807) is 0 Å². The first-order chi connectivity index (χ1) is 8.04. The molecular formula is C13H18FNO2. The van der Waals surface area contributed by atoms with E-state index in [0.717, 1.165) is 12.8 Å². The van der Waals surface area contributed by atoms with Crippen LogP contribution in [0.4, 0.5) is 4.39 Å². The largest absolute Gasteiger partial charge is 0.478 e. The molecule has 0 heterocycles. The van der Waals surface area contributed by atoms with E-state index < -0.39 is 5.97 Å². The molecule has 0 aliphatic rings. The Labute approximate surface area is 101 Å². The zero-order valence-corrected chi connectivity index (χ0v) is 10.2. The lowest BCUT2D eigenvalue weighted by Crippen LogP contribution is -2.25. The van der Waals surface area contributed by atoms with Crippen LogP contribution in [0.15, 0.2) is 18.2 Å². The number of aromatic carboxylic acids is 1. The molecule has 1 unspecified atom stereocenters. The highest BCUT2D eigenvalue weighted by atomic mass is 19.1. The van der Waals surface area contributed by atoms with Gasteiger partial charge in [0.1, 0.15) is 5.82 Å². The van der Waals surface area contributed by atoms with Gasteiger partial charge in [0.25, 0.3) is 0 Å². The van der Waals surface area contributed by atoms with Gasteiger partial charge in [-0.25, -0.2) is 9.18 Å². The molecule has 0 spiro atoms. The molecule has 0 radical (unpaired) electrons. The number of halogens is 1. The van der Waals surface area contributed by atoms with Crippen molar-refractivity contribution >= 4 is 5.97 Å². The van der Waals surface area contributed by atoms with Gasteiger partial charge in [-0.05, 0) is 31.5 Å². The summed E-state index contributed by atoms with van der Waals surface area (Å²) in [6, 6.07) is 4.15. The van der Waals surface area contributed by atoms with Gasteiger partial charge in [0.2, 0.25) is 0 Å². The first kappa shape index (κ1) is 13.6. The van der Waals surface area contributed by atoms with Gasteiger partial charge in [-0.1, -0.05) is 13.3 Å². The number of nitrogens with one attached hydrogen (secondary N) is 1. The van der Waals surface area contributed by atoms with Crippen molar-refractivity contribution < 1.29 is 14.3 Å². The monoisotopic (exact) mass is 239 g/mol. The van der Waals surface area contributed by atoms with Crippen LogP contribution in [0.5, 0.6) is 0 Å². The Bertz CT molecular complexity index is 393. The number of benzene rings is 1. The van der Waals surface area contributed by atoms with Crippen LogP contribution in [-0.4, -0.2) is 17.1 Å². The SMILES string of the molecule is CCCC(C)NCc1cc(C(=O)O)ccc1F. The van der Waals surface area contributed by atoms with Crippen LogP contribution in [0.3, 0.4) is 0 Å². The van der Waals surface area contributed by atoms with Crippen LogP contribution in [-0.2, 0) is 6.54 Å². The van der Waals surface area contributed by atoms with Crippen LogP contribution in [0.25, 0.3) is 0 Å². The van der Waals surface area contributed by atoms with Gasteiger partial charge in [-0.3, -0.25) is 0 Å². The Morgan fingerprint density at radius 1 is 1.53 bits per heavy atom. The second kappa shape index (κ2) is 6.35. The van der Waals surface area contributed by atoms with Crippen LogP contribution in [0.1, 0.15) is 42.6 Å². The Hall–Kier alpha value is -1.42. The molecule has 1 rings (SSSR count). The Morgan fingerprint density at radius 3 is 2.82 bits per heavy atom. The molecule has 0 amide bonds. The predicted octanol–water partition coefficient (Wildman–Crippen LogP) is 2.80. The molecule has 0 fully saturated rings. The zero-order valence-electron chi connectivity index (χ0n) is 10.2. The molecule has 17 heavy (non-hydrogen) atoms. The smallest absolute Gasteiger partial charge is 0.335 e. The Kier molecular flexibility index (Phi) is 5.10. The highest BCUT2D eigenvalue weighted by Gasteiger charge is 2.09. The summed E-state index contributed by atoms with van der Waals surface area (Å²) in [4.78, 5) is 10.8. The highest BCUT2D eigenvalue weighted by molar-refractivity contribution is 5.87. The summed E-state index contributed by atoms with van der Waals surface area (Å²) in [5.74, 6) is -1.40. The van der Waals surface area contributed by atoms with Crippen molar-refractivity contribution in [3.05, 3.63) is 35.1 Å². The summed E-state index contributed by atoms with van der Waals surface area (Å²) >= 11 is 0. The molecule has 2 N–H and O–H groups in total. The van der Waals surface area contributed by atoms with Crippen molar-refractivity contribution in [3.8, 4) is 0 Å². The maximum absolute atomic E-state index is 13.4. The van der Waals surface area contributed by atoms with E-state index in [-0.39, 0.29) is 11.4 Å². The molecule has 94 valence electrons. The molecule has 4 heteroatoms. The summed E-state index contributed by atoms with van der Waals surface area (Å²) in [5.41, 5.74) is 0.513. The van der Waals surface area contributed by atoms with Gasteiger partial charge in [0.15, 0.2) is 0 Å². The van der Waals surface area contributed by atoms with Crippen LogP contribution < -0.4 is 5.32 Å². The lowest BCUT2D eigenvalue weighted by atomic mass is 10.1. The summed E-state index contributed by atoms with van der Waals surface area (Å²) < 4.78 is 13.4. The van der Waals surface area contributed by atoms with Gasteiger partial charge in [0.05, 0.1) is 5.56 Å². The Balaban J connectivity index is 2.69. The standard InChI is InChI=1S/C13H18FNO2/c1-3-4-9(2)15-8-11-7-10(13(16)17)5-6-12(11)14/h5-7,9,15H,3-4,8H2,1-2H3,(H,16,17). The molecule has 0 bridgehead atoms. The summed E-state index contributed by atoms with van der Waals surface area (Å²) in [7, 11) is 0. The third-order valence-corrected chi connectivity index (χ3v) is 2.66. The molecule has 0 aliphatic carbocycles. The van der Waals surface area contributed by atoms with Crippen LogP contribution in [0.2, 0.25) is 0 Å². The van der Waals surface area contributed by atoms with Crippen molar-refractivity contribution in [1.29, 1.82) is 0 Å². The average Bonchev–Trinajstić information content (AvgIpc) is 2.28. The number of carbonyl (C=O) groups is 1. The molecule has 0 saturated heterocycles. The van der Waals surface area contributed by atoms with E-state index in [2.05, 4.69) is 12.2 Å². The molecular weight excluding hydrogens is 221 g/mol. The zero-order chi connectivity index (χ0) is 12.8.